The Balaban J connectivity index is 1.40. The van der Waals surface area contributed by atoms with Gasteiger partial charge in [0.05, 0.1) is 29.7 Å². The molecular weight excluding hydrogens is 524 g/mol. The largest absolute Gasteiger partial charge is 0.311 e. The van der Waals surface area contributed by atoms with E-state index in [0.717, 1.165) is 60.9 Å². The van der Waals surface area contributed by atoms with E-state index in [9.17, 15) is 5.26 Å². The second kappa shape index (κ2) is 10.5. The van der Waals surface area contributed by atoms with Crippen molar-refractivity contribution in [3.05, 3.63) is 162 Å². The van der Waals surface area contributed by atoms with Gasteiger partial charge in [0.1, 0.15) is 6.07 Å². The molecule has 0 unspecified atom stereocenters. The summed E-state index contributed by atoms with van der Waals surface area (Å²) in [6, 6.07) is 46.4. The number of nitriles is 1. The molecule has 7 rings (SSSR count). The summed E-state index contributed by atoms with van der Waals surface area (Å²) in [5.41, 5.74) is 10.2. The lowest BCUT2D eigenvalue weighted by molar-refractivity contribution is 1.18. The molecule has 0 saturated heterocycles. The van der Waals surface area contributed by atoms with Gasteiger partial charge < -0.3 is 4.57 Å². The predicted molar refractivity (Wildman–Crippen MR) is 174 cm³/mol. The summed E-state index contributed by atoms with van der Waals surface area (Å²) in [6.07, 6.45) is 0. The van der Waals surface area contributed by atoms with Gasteiger partial charge in [-0.05, 0) is 70.1 Å². The van der Waals surface area contributed by atoms with Crippen molar-refractivity contribution in [3.63, 3.8) is 0 Å². The molecule has 198 valence electrons. The fourth-order valence-corrected chi connectivity index (χ4v) is 5.90. The number of aromatic nitrogens is 1. The third kappa shape index (κ3) is 4.39. The van der Waals surface area contributed by atoms with Crippen molar-refractivity contribution in [1.29, 1.82) is 5.26 Å². The van der Waals surface area contributed by atoms with Gasteiger partial charge in [0.2, 0.25) is 0 Å². The summed E-state index contributed by atoms with van der Waals surface area (Å²) < 4.78 is 2.16. The van der Waals surface area contributed by atoms with Crippen molar-refractivity contribution in [1.82, 2.24) is 4.57 Å². The first-order chi connectivity index (χ1) is 21.2. The number of rotatable bonds is 4. The lowest BCUT2D eigenvalue weighted by Gasteiger charge is -2.14. The van der Waals surface area contributed by atoms with Crippen LogP contribution in [0.4, 0.5) is 11.4 Å². The first-order valence-electron chi connectivity index (χ1n) is 13.8. The van der Waals surface area contributed by atoms with E-state index in [1.54, 1.807) is 0 Å². The fourth-order valence-electron chi connectivity index (χ4n) is 5.90. The van der Waals surface area contributed by atoms with E-state index in [-0.39, 0.29) is 0 Å². The van der Waals surface area contributed by atoms with Gasteiger partial charge in [-0.2, -0.15) is 5.26 Å². The van der Waals surface area contributed by atoms with Crippen LogP contribution in [0.15, 0.2) is 133 Å². The van der Waals surface area contributed by atoms with Gasteiger partial charge in [0.25, 0.3) is 0 Å². The van der Waals surface area contributed by atoms with E-state index in [2.05, 4.69) is 44.6 Å². The first-order valence-corrected chi connectivity index (χ1v) is 13.8. The van der Waals surface area contributed by atoms with Crippen LogP contribution in [0.5, 0.6) is 0 Å². The molecule has 0 saturated carbocycles. The minimum Gasteiger partial charge on any atom is -0.311 e. The fraction of sp³-hybridized carbons (Fsp3) is 0. The van der Waals surface area contributed by atoms with E-state index in [1.807, 2.05) is 109 Å². The number of fused-ring (bicyclic) bond motifs is 3. The highest BCUT2D eigenvalue weighted by Crippen LogP contribution is 2.38. The average Bonchev–Trinajstić information content (AvgIpc) is 3.41. The lowest BCUT2D eigenvalue weighted by atomic mass is 9.91. The van der Waals surface area contributed by atoms with E-state index in [1.165, 1.54) is 0 Å². The molecule has 0 radical (unpaired) electrons. The maximum Gasteiger partial charge on any atom is 0.189 e. The van der Waals surface area contributed by atoms with E-state index in [4.69, 9.17) is 13.1 Å². The Morgan fingerprint density at radius 3 is 1.98 bits per heavy atom. The van der Waals surface area contributed by atoms with Gasteiger partial charge in [0, 0.05) is 22.2 Å². The van der Waals surface area contributed by atoms with Crippen LogP contribution >= 0.6 is 0 Å². The SMILES string of the molecule is [C-]#[N+]c1cc(-c2cccc(-c3cccc(-c4ccccc4)c3C#N)c2)cc(-n2c3ccccc3c3cc([N+]#[C-])ccc32)c1. The quantitative estimate of drug-likeness (QED) is 0.202. The van der Waals surface area contributed by atoms with Crippen LogP contribution < -0.4 is 0 Å². The highest BCUT2D eigenvalue weighted by atomic mass is 15.0. The number of hydrogen-bond donors (Lipinski definition) is 0. The zero-order valence-corrected chi connectivity index (χ0v) is 23.0. The third-order valence-electron chi connectivity index (χ3n) is 7.84. The highest BCUT2D eigenvalue weighted by molar-refractivity contribution is 6.10. The van der Waals surface area contributed by atoms with Gasteiger partial charge in [-0.25, -0.2) is 9.69 Å². The summed E-state index contributed by atoms with van der Waals surface area (Å²) in [6.45, 7) is 15.4. The smallest absolute Gasteiger partial charge is 0.189 e. The molecule has 0 atom stereocenters. The first kappa shape index (κ1) is 25.6. The Hall–Kier alpha value is -6.41. The van der Waals surface area contributed by atoms with Crippen molar-refractivity contribution in [2.24, 2.45) is 0 Å². The van der Waals surface area contributed by atoms with Gasteiger partial charge in [-0.3, -0.25) is 0 Å². The molecule has 7 aromatic rings. The van der Waals surface area contributed by atoms with Gasteiger partial charge >= 0.3 is 0 Å². The zero-order valence-electron chi connectivity index (χ0n) is 23.0. The van der Waals surface area contributed by atoms with Crippen molar-refractivity contribution in [2.45, 2.75) is 0 Å². The molecule has 0 bridgehead atoms. The summed E-state index contributed by atoms with van der Waals surface area (Å²) >= 11 is 0. The third-order valence-corrected chi connectivity index (χ3v) is 7.84. The molecule has 0 fully saturated rings. The molecule has 1 aromatic heterocycles. The molecule has 1 heterocycles. The minimum atomic E-state index is 0.533. The summed E-state index contributed by atoms with van der Waals surface area (Å²) in [5, 5.41) is 12.3. The van der Waals surface area contributed by atoms with Gasteiger partial charge in [0.15, 0.2) is 11.4 Å². The number of para-hydroxylation sites is 1. The lowest BCUT2D eigenvalue weighted by Crippen LogP contribution is -1.94. The standard InChI is InChI=1S/C39H22N4/c1-41-30-18-19-39-36(24-30)35-14-6-7-17-38(35)43(39)32-22-29(21-31(23-32)42-2)27-12-8-13-28(20-27)34-16-9-15-33(37(34)25-40)26-10-4-3-5-11-26/h3-24H. The number of nitrogens with zero attached hydrogens (tertiary/aromatic N) is 4. The van der Waals surface area contributed by atoms with E-state index in [0.29, 0.717) is 16.9 Å². The maximum atomic E-state index is 10.2. The maximum absolute atomic E-state index is 10.2. The second-order valence-corrected chi connectivity index (χ2v) is 10.3. The molecule has 4 heteroatoms. The van der Waals surface area contributed by atoms with Crippen LogP contribution in [-0.4, -0.2) is 4.57 Å². The van der Waals surface area contributed by atoms with E-state index < -0.39 is 0 Å². The molecular formula is C39H22N4. The molecule has 0 N–H and O–H groups in total. The average molecular weight is 547 g/mol. The zero-order chi connectivity index (χ0) is 29.3. The van der Waals surface area contributed by atoms with Gasteiger partial charge in [-0.15, -0.1) is 0 Å². The van der Waals surface area contributed by atoms with Crippen molar-refractivity contribution >= 4 is 33.2 Å². The molecule has 0 amide bonds. The number of hydrogen-bond acceptors (Lipinski definition) is 1. The predicted octanol–water partition coefficient (Wildman–Crippen LogP) is 10.8. The Labute approximate surface area is 249 Å². The Kier molecular flexibility index (Phi) is 6.26. The number of benzene rings is 6. The molecule has 6 aromatic carbocycles. The highest BCUT2D eigenvalue weighted by Gasteiger charge is 2.16. The summed E-state index contributed by atoms with van der Waals surface area (Å²) in [4.78, 5) is 7.46. The normalized spacial score (nSPS) is 10.7. The molecule has 0 spiro atoms. The summed E-state index contributed by atoms with van der Waals surface area (Å²) in [7, 11) is 0. The van der Waals surface area contributed by atoms with Gasteiger partial charge in [-0.1, -0.05) is 91.0 Å². The Morgan fingerprint density at radius 2 is 1.19 bits per heavy atom. The topological polar surface area (TPSA) is 37.4 Å². The van der Waals surface area contributed by atoms with Crippen LogP contribution in [0.3, 0.4) is 0 Å². The monoisotopic (exact) mass is 546 g/mol. The molecule has 43 heavy (non-hydrogen) atoms. The van der Waals surface area contributed by atoms with Crippen LogP contribution in [0.2, 0.25) is 0 Å². The van der Waals surface area contributed by atoms with E-state index >= 15 is 0 Å². The van der Waals surface area contributed by atoms with Crippen LogP contribution in [0, 0.1) is 24.5 Å². The molecule has 0 aliphatic heterocycles. The van der Waals surface area contributed by atoms with Crippen LogP contribution in [0.1, 0.15) is 5.56 Å². The Morgan fingerprint density at radius 1 is 0.512 bits per heavy atom. The van der Waals surface area contributed by atoms with Crippen molar-refractivity contribution in [2.75, 3.05) is 0 Å². The molecule has 0 aliphatic rings. The molecule has 4 nitrogen and oxygen atoms in total. The second-order valence-electron chi connectivity index (χ2n) is 10.3. The Bertz CT molecular complexity index is 2320. The summed E-state index contributed by atoms with van der Waals surface area (Å²) in [5.74, 6) is 0. The molecule has 0 aliphatic carbocycles. The van der Waals surface area contributed by atoms with Crippen LogP contribution in [-0.2, 0) is 0 Å². The minimum absolute atomic E-state index is 0.533. The van der Waals surface area contributed by atoms with Crippen molar-refractivity contribution < 1.29 is 0 Å². The van der Waals surface area contributed by atoms with Crippen LogP contribution in [0.25, 0.3) is 70.6 Å². The van der Waals surface area contributed by atoms with Crippen molar-refractivity contribution in [3.8, 4) is 45.1 Å².